The van der Waals surface area contributed by atoms with E-state index in [9.17, 15) is 10.1 Å². The molecule has 2 aromatic rings. The van der Waals surface area contributed by atoms with Gasteiger partial charge in [0.05, 0.1) is 4.92 Å². The minimum atomic E-state index is -0.317. The summed E-state index contributed by atoms with van der Waals surface area (Å²) >= 11 is 0. The fourth-order valence-corrected chi connectivity index (χ4v) is 2.45. The average Bonchev–Trinajstić information content (AvgIpc) is 2.48. The predicted molar refractivity (Wildman–Crippen MR) is 84.5 cm³/mol. The molecule has 0 spiro atoms. The van der Waals surface area contributed by atoms with Crippen LogP contribution in [0.3, 0.4) is 0 Å². The van der Waals surface area contributed by atoms with Crippen LogP contribution in [0.15, 0.2) is 42.5 Å². The number of nitro groups is 1. The Labute approximate surface area is 125 Å². The highest BCUT2D eigenvalue weighted by Gasteiger charge is 2.18. The molecule has 4 nitrogen and oxygen atoms in total. The first-order chi connectivity index (χ1) is 10.0. The number of benzene rings is 2. The summed E-state index contributed by atoms with van der Waals surface area (Å²) in [5.41, 5.74) is 4.56. The first-order valence-corrected chi connectivity index (χ1v) is 6.99. The van der Waals surface area contributed by atoms with Gasteiger partial charge < -0.3 is 5.32 Å². The minimum Gasteiger partial charge on any atom is -0.313 e. The van der Waals surface area contributed by atoms with Crippen molar-refractivity contribution in [2.24, 2.45) is 0 Å². The van der Waals surface area contributed by atoms with Crippen molar-refractivity contribution in [2.75, 3.05) is 7.05 Å². The molecule has 2 aromatic carbocycles. The average molecular weight is 284 g/mol. The Bertz CT molecular complexity index is 653. The van der Waals surface area contributed by atoms with E-state index in [0.717, 1.165) is 11.1 Å². The third-order valence-corrected chi connectivity index (χ3v) is 3.89. The second-order valence-electron chi connectivity index (χ2n) is 5.27. The summed E-state index contributed by atoms with van der Waals surface area (Å²) in [5.74, 6) is 0. The molecule has 0 fully saturated rings. The Hall–Kier alpha value is -2.20. The number of para-hydroxylation sites is 1. The lowest BCUT2D eigenvalue weighted by molar-refractivity contribution is -0.385. The highest BCUT2D eigenvalue weighted by atomic mass is 16.6. The standard InChI is InChI=1S/C17H20N2O2/c1-12-8-9-14(10-13(12)2)16(18-3)11-15-6-4-5-7-17(15)19(20)21/h4-10,16,18H,11H2,1-3H3. The Balaban J connectivity index is 2.31. The van der Waals surface area contributed by atoms with Gasteiger partial charge in [0, 0.05) is 17.7 Å². The van der Waals surface area contributed by atoms with Gasteiger partial charge in [0.25, 0.3) is 5.69 Å². The molecule has 110 valence electrons. The molecule has 1 atom stereocenters. The largest absolute Gasteiger partial charge is 0.313 e. The molecule has 0 bridgehead atoms. The molecule has 1 unspecified atom stereocenters. The smallest absolute Gasteiger partial charge is 0.272 e. The zero-order valence-corrected chi connectivity index (χ0v) is 12.6. The predicted octanol–water partition coefficient (Wildman–Crippen LogP) is 3.71. The number of nitrogens with one attached hydrogen (secondary N) is 1. The Kier molecular flexibility index (Phi) is 4.70. The van der Waals surface area contributed by atoms with Crippen molar-refractivity contribution in [3.63, 3.8) is 0 Å². The minimum absolute atomic E-state index is 0.0606. The molecule has 2 rings (SSSR count). The maximum atomic E-state index is 11.1. The summed E-state index contributed by atoms with van der Waals surface area (Å²) in [6.07, 6.45) is 0.593. The number of hydrogen-bond donors (Lipinski definition) is 1. The van der Waals surface area contributed by atoms with E-state index in [1.54, 1.807) is 12.1 Å². The van der Waals surface area contributed by atoms with Crippen molar-refractivity contribution < 1.29 is 4.92 Å². The van der Waals surface area contributed by atoms with Gasteiger partial charge in [-0.05, 0) is 44.0 Å². The Morgan fingerprint density at radius 1 is 1.14 bits per heavy atom. The van der Waals surface area contributed by atoms with Crippen molar-refractivity contribution in [1.82, 2.24) is 5.32 Å². The molecule has 0 saturated carbocycles. The molecule has 0 aromatic heterocycles. The summed E-state index contributed by atoms with van der Waals surface area (Å²) in [7, 11) is 1.88. The van der Waals surface area contributed by atoms with Crippen LogP contribution in [-0.4, -0.2) is 12.0 Å². The molecule has 0 aliphatic heterocycles. The zero-order valence-electron chi connectivity index (χ0n) is 12.6. The van der Waals surface area contributed by atoms with Crippen LogP contribution >= 0.6 is 0 Å². The SMILES string of the molecule is CNC(Cc1ccccc1[N+](=O)[O-])c1ccc(C)c(C)c1. The van der Waals surface area contributed by atoms with E-state index < -0.39 is 0 Å². The summed E-state index contributed by atoms with van der Waals surface area (Å²) in [6, 6.07) is 13.3. The van der Waals surface area contributed by atoms with E-state index in [0.29, 0.717) is 6.42 Å². The van der Waals surface area contributed by atoms with E-state index in [-0.39, 0.29) is 16.7 Å². The fraction of sp³-hybridized carbons (Fsp3) is 0.294. The Morgan fingerprint density at radius 2 is 1.86 bits per heavy atom. The second kappa shape index (κ2) is 6.50. The van der Waals surface area contributed by atoms with Crippen molar-refractivity contribution in [2.45, 2.75) is 26.3 Å². The fourth-order valence-electron chi connectivity index (χ4n) is 2.45. The quantitative estimate of drug-likeness (QED) is 0.672. The molecule has 0 aliphatic carbocycles. The summed E-state index contributed by atoms with van der Waals surface area (Å²) in [4.78, 5) is 10.8. The van der Waals surface area contributed by atoms with E-state index >= 15 is 0 Å². The molecule has 0 heterocycles. The van der Waals surface area contributed by atoms with Gasteiger partial charge in [-0.2, -0.15) is 0 Å². The van der Waals surface area contributed by atoms with Crippen LogP contribution < -0.4 is 5.32 Å². The molecule has 0 saturated heterocycles. The van der Waals surface area contributed by atoms with Crippen LogP contribution in [0.1, 0.15) is 28.3 Å². The van der Waals surface area contributed by atoms with Gasteiger partial charge in [-0.3, -0.25) is 10.1 Å². The molecule has 4 heteroatoms. The number of likely N-dealkylation sites (N-methyl/N-ethyl adjacent to an activating group) is 1. The van der Waals surface area contributed by atoms with Gasteiger partial charge >= 0.3 is 0 Å². The number of nitrogens with zero attached hydrogens (tertiary/aromatic N) is 1. The third kappa shape index (κ3) is 3.47. The second-order valence-corrected chi connectivity index (χ2v) is 5.27. The van der Waals surface area contributed by atoms with E-state index in [2.05, 4.69) is 37.4 Å². The van der Waals surface area contributed by atoms with Crippen molar-refractivity contribution >= 4 is 5.69 Å². The van der Waals surface area contributed by atoms with Gasteiger partial charge in [0.2, 0.25) is 0 Å². The zero-order chi connectivity index (χ0) is 15.4. The molecule has 0 aliphatic rings. The molecular weight excluding hydrogens is 264 g/mol. The molecule has 0 radical (unpaired) electrons. The summed E-state index contributed by atoms with van der Waals surface area (Å²) in [5, 5.41) is 14.4. The molecule has 1 N–H and O–H groups in total. The maximum absolute atomic E-state index is 11.1. The Morgan fingerprint density at radius 3 is 2.48 bits per heavy atom. The lowest BCUT2D eigenvalue weighted by atomic mass is 9.95. The highest BCUT2D eigenvalue weighted by Crippen LogP contribution is 2.25. The number of rotatable bonds is 5. The van der Waals surface area contributed by atoms with Gasteiger partial charge in [0.15, 0.2) is 0 Å². The molecule has 21 heavy (non-hydrogen) atoms. The first-order valence-electron chi connectivity index (χ1n) is 6.99. The van der Waals surface area contributed by atoms with E-state index in [1.807, 2.05) is 19.2 Å². The van der Waals surface area contributed by atoms with E-state index in [4.69, 9.17) is 0 Å². The van der Waals surface area contributed by atoms with Crippen LogP contribution in [-0.2, 0) is 6.42 Å². The molecule has 0 amide bonds. The summed E-state index contributed by atoms with van der Waals surface area (Å²) < 4.78 is 0. The van der Waals surface area contributed by atoms with Crippen LogP contribution in [0.4, 0.5) is 5.69 Å². The van der Waals surface area contributed by atoms with Crippen LogP contribution in [0, 0.1) is 24.0 Å². The number of aryl methyl sites for hydroxylation is 2. The van der Waals surface area contributed by atoms with Crippen molar-refractivity contribution in [1.29, 1.82) is 0 Å². The maximum Gasteiger partial charge on any atom is 0.272 e. The summed E-state index contributed by atoms with van der Waals surface area (Å²) in [6.45, 7) is 4.16. The van der Waals surface area contributed by atoms with Gasteiger partial charge in [-0.25, -0.2) is 0 Å². The van der Waals surface area contributed by atoms with Gasteiger partial charge in [-0.15, -0.1) is 0 Å². The topological polar surface area (TPSA) is 55.2 Å². The first kappa shape index (κ1) is 15.2. The normalized spacial score (nSPS) is 12.1. The number of hydrogen-bond acceptors (Lipinski definition) is 3. The van der Waals surface area contributed by atoms with Crippen molar-refractivity contribution in [3.8, 4) is 0 Å². The van der Waals surface area contributed by atoms with Crippen LogP contribution in [0.25, 0.3) is 0 Å². The number of nitro benzene ring substituents is 1. The lowest BCUT2D eigenvalue weighted by Gasteiger charge is -2.18. The van der Waals surface area contributed by atoms with Gasteiger partial charge in [-0.1, -0.05) is 36.4 Å². The van der Waals surface area contributed by atoms with Gasteiger partial charge in [0.1, 0.15) is 0 Å². The monoisotopic (exact) mass is 284 g/mol. The molecular formula is C17H20N2O2. The third-order valence-electron chi connectivity index (χ3n) is 3.89. The highest BCUT2D eigenvalue weighted by molar-refractivity contribution is 5.41. The van der Waals surface area contributed by atoms with E-state index in [1.165, 1.54) is 11.1 Å². The van der Waals surface area contributed by atoms with Crippen LogP contribution in [0.5, 0.6) is 0 Å². The van der Waals surface area contributed by atoms with Crippen molar-refractivity contribution in [3.05, 3.63) is 74.8 Å². The van der Waals surface area contributed by atoms with Crippen LogP contribution in [0.2, 0.25) is 0 Å². The lowest BCUT2D eigenvalue weighted by Crippen LogP contribution is -2.19.